The van der Waals surface area contributed by atoms with Crippen molar-refractivity contribution in [3.63, 3.8) is 0 Å². The number of phenols is 4. The first-order valence-electron chi connectivity index (χ1n) is 16.7. The molecule has 6 aromatic rings. The summed E-state index contributed by atoms with van der Waals surface area (Å²) in [5.41, 5.74) is 1.77. The molecular formula is C39H35CrN7Na2O9S+2. The van der Waals surface area contributed by atoms with Crippen LogP contribution in [0.3, 0.4) is 0 Å². The van der Waals surface area contributed by atoms with Crippen LogP contribution in [0.15, 0.2) is 151 Å². The summed E-state index contributed by atoms with van der Waals surface area (Å²) in [6, 6.07) is 28.8. The van der Waals surface area contributed by atoms with Crippen LogP contribution in [0.25, 0.3) is 10.8 Å². The summed E-state index contributed by atoms with van der Waals surface area (Å²) in [7, 11) is -4.36. The van der Waals surface area contributed by atoms with E-state index in [0.717, 1.165) is 23.4 Å². The molecule has 0 atom stereocenters. The minimum Gasteiger partial charge on any atom is -0.506 e. The van der Waals surface area contributed by atoms with E-state index in [1.54, 1.807) is 18.2 Å². The Hall–Kier alpha value is -4.58. The van der Waals surface area contributed by atoms with Crippen LogP contribution in [-0.2, 0) is 32.9 Å². The van der Waals surface area contributed by atoms with E-state index in [2.05, 4.69) is 51.5 Å². The number of nitrogens with zero attached hydrogens (tertiary/aromatic N) is 7. The fourth-order valence-corrected chi connectivity index (χ4v) is 5.49. The average Bonchev–Trinajstić information content (AvgIpc) is 3.17. The van der Waals surface area contributed by atoms with Crippen molar-refractivity contribution in [2.24, 2.45) is 30.7 Å². The molecular weight excluding hydrogens is 841 g/mol. The Kier molecular flexibility index (Phi) is 19.0. The number of rotatable bonds is 10. The summed E-state index contributed by atoms with van der Waals surface area (Å²) >= 11 is 0. The Balaban J connectivity index is 0.000000402. The SMILES string of the molecule is CCC(C)(C)c1ccc(O)c(N=Nc2cc([N+](=O)[O-])ccc2O)c1.O=S(=O)(O)c1cccc(N=Nc2ccc(O)c(N=Nc3c(O)ccc4ccccc34)c2)c1.[Cr].[Na+].[Na+]. The second-order valence-electron chi connectivity index (χ2n) is 12.8. The minimum atomic E-state index is -4.36. The fourth-order valence-electron chi connectivity index (χ4n) is 4.97. The Bertz CT molecular complexity index is 2650. The first-order valence-corrected chi connectivity index (χ1v) is 18.2. The van der Waals surface area contributed by atoms with Crippen molar-refractivity contribution in [1.29, 1.82) is 0 Å². The van der Waals surface area contributed by atoms with Gasteiger partial charge in [-0.05, 0) is 83.4 Å². The van der Waals surface area contributed by atoms with Crippen LogP contribution in [0.2, 0.25) is 0 Å². The van der Waals surface area contributed by atoms with E-state index in [1.807, 2.05) is 24.3 Å². The molecule has 0 bridgehead atoms. The van der Waals surface area contributed by atoms with Crippen LogP contribution in [0.5, 0.6) is 23.0 Å². The van der Waals surface area contributed by atoms with Crippen molar-refractivity contribution in [2.45, 2.75) is 37.5 Å². The number of nitro groups is 1. The first kappa shape index (κ1) is 50.6. The molecule has 0 aliphatic carbocycles. The van der Waals surface area contributed by atoms with Gasteiger partial charge in [-0.1, -0.05) is 63.2 Å². The van der Waals surface area contributed by atoms with E-state index in [1.165, 1.54) is 66.7 Å². The van der Waals surface area contributed by atoms with Gasteiger partial charge in [0, 0.05) is 34.9 Å². The fraction of sp³-hybridized carbons (Fsp3) is 0.128. The Morgan fingerprint density at radius 2 is 1.17 bits per heavy atom. The van der Waals surface area contributed by atoms with Gasteiger partial charge in [-0.2, -0.15) is 18.6 Å². The summed E-state index contributed by atoms with van der Waals surface area (Å²) in [5, 5.41) is 76.3. The average molecular weight is 876 g/mol. The van der Waals surface area contributed by atoms with Gasteiger partial charge in [-0.3, -0.25) is 14.7 Å². The van der Waals surface area contributed by atoms with Crippen LogP contribution >= 0.6 is 0 Å². The number of hydrogen-bond donors (Lipinski definition) is 5. The zero-order valence-corrected chi connectivity index (χ0v) is 38.6. The van der Waals surface area contributed by atoms with Crippen LogP contribution in [-0.4, -0.2) is 38.3 Å². The molecule has 6 aromatic carbocycles. The monoisotopic (exact) mass is 875 g/mol. The smallest absolute Gasteiger partial charge is 0.506 e. The van der Waals surface area contributed by atoms with Gasteiger partial charge in [0.05, 0.1) is 21.2 Å². The molecule has 0 fully saturated rings. The van der Waals surface area contributed by atoms with E-state index < -0.39 is 15.0 Å². The van der Waals surface area contributed by atoms with Crippen LogP contribution in [0.1, 0.15) is 32.8 Å². The van der Waals surface area contributed by atoms with Gasteiger partial charge in [-0.15, -0.1) is 20.5 Å². The summed E-state index contributed by atoms with van der Waals surface area (Å²) in [6.07, 6.45) is 0.903. The molecule has 0 aliphatic heterocycles. The number of aromatic hydroxyl groups is 4. The van der Waals surface area contributed by atoms with Gasteiger partial charge in [-0.25, -0.2) is 0 Å². The molecule has 6 rings (SSSR count). The normalized spacial score (nSPS) is 11.4. The van der Waals surface area contributed by atoms with E-state index >= 15 is 0 Å². The Labute approximate surface area is 394 Å². The zero-order valence-electron chi connectivity index (χ0n) is 32.5. The summed E-state index contributed by atoms with van der Waals surface area (Å²) in [5.74, 6) is -0.490. The van der Waals surface area contributed by atoms with Gasteiger partial charge in [0.15, 0.2) is 0 Å². The van der Waals surface area contributed by atoms with E-state index in [-0.39, 0.29) is 144 Å². The number of non-ortho nitro benzene ring substituents is 1. The maximum atomic E-state index is 11.3. The van der Waals surface area contributed by atoms with Crippen molar-refractivity contribution in [3.05, 3.63) is 131 Å². The number of phenolic OH excluding ortho intramolecular Hbond substituents is 4. The third-order valence-electron chi connectivity index (χ3n) is 8.57. The number of hydrogen-bond acceptors (Lipinski definition) is 14. The molecule has 0 radical (unpaired) electrons. The molecule has 0 spiro atoms. The van der Waals surface area contributed by atoms with Crippen molar-refractivity contribution in [2.75, 3.05) is 0 Å². The third kappa shape index (κ3) is 13.5. The van der Waals surface area contributed by atoms with E-state index in [4.69, 9.17) is 4.55 Å². The quantitative estimate of drug-likeness (QED) is 0.0386. The molecule has 0 saturated heterocycles. The van der Waals surface area contributed by atoms with Crippen LogP contribution < -0.4 is 59.1 Å². The van der Waals surface area contributed by atoms with E-state index in [0.29, 0.717) is 11.1 Å². The summed E-state index contributed by atoms with van der Waals surface area (Å²) < 4.78 is 31.6. The van der Waals surface area contributed by atoms with Crippen molar-refractivity contribution < 1.29 is 115 Å². The van der Waals surface area contributed by atoms with Gasteiger partial charge in [0.1, 0.15) is 45.7 Å². The minimum absolute atomic E-state index is 0. The molecule has 0 aliphatic rings. The first-order chi connectivity index (χ1) is 26.5. The Morgan fingerprint density at radius 1 is 0.627 bits per heavy atom. The number of fused-ring (bicyclic) bond motifs is 1. The van der Waals surface area contributed by atoms with Crippen LogP contribution in [0, 0.1) is 10.1 Å². The van der Waals surface area contributed by atoms with E-state index in [9.17, 15) is 39.0 Å². The molecule has 0 saturated carbocycles. The van der Waals surface area contributed by atoms with Gasteiger partial charge in [0.2, 0.25) is 0 Å². The largest absolute Gasteiger partial charge is 1.00 e. The zero-order chi connectivity index (χ0) is 40.6. The molecule has 16 nitrogen and oxygen atoms in total. The van der Waals surface area contributed by atoms with Crippen molar-refractivity contribution in [1.82, 2.24) is 0 Å². The topological polar surface area (TPSA) is 253 Å². The third-order valence-corrected chi connectivity index (χ3v) is 9.42. The molecule has 292 valence electrons. The molecule has 0 aromatic heterocycles. The predicted octanol–water partition coefficient (Wildman–Crippen LogP) is 5.44. The molecule has 0 unspecified atom stereocenters. The van der Waals surface area contributed by atoms with Gasteiger partial charge in [0.25, 0.3) is 15.8 Å². The number of azo groups is 3. The maximum absolute atomic E-state index is 11.3. The number of nitro benzene ring substituents is 1. The molecule has 20 heteroatoms. The Morgan fingerprint density at radius 3 is 1.80 bits per heavy atom. The molecule has 0 amide bonds. The standard InChI is InChI=1S/C22H16N4O5S.C17H19N3O4.Cr.2Na/c27-20-11-9-16(24-23-15-5-3-6-17(12-15)32(29,30)31)13-19(20)25-26-22-18-7-2-1-4-14(18)8-10-21(22)28;1-4-17(2,3)11-5-7-15(21)13(9-11)18-19-14-10-12(20(23)24)6-8-16(14)22;;;/h1-13,27-28H,(H,29,30,31);5-10,21-22H,4H2,1-3H3;;;/q;;;2*+1. The molecule has 5 N–H and O–H groups in total. The maximum Gasteiger partial charge on any atom is 1.00 e. The summed E-state index contributed by atoms with van der Waals surface area (Å²) in [6.45, 7) is 6.22. The van der Waals surface area contributed by atoms with Crippen molar-refractivity contribution >= 4 is 60.7 Å². The predicted molar refractivity (Wildman–Crippen MR) is 209 cm³/mol. The molecule has 59 heavy (non-hydrogen) atoms. The van der Waals surface area contributed by atoms with Gasteiger partial charge < -0.3 is 20.4 Å². The summed E-state index contributed by atoms with van der Waals surface area (Å²) in [4.78, 5) is 9.91. The second kappa shape index (κ2) is 22.1. The van der Waals surface area contributed by atoms with Crippen molar-refractivity contribution in [3.8, 4) is 23.0 Å². The number of benzene rings is 6. The molecule has 0 heterocycles. The van der Waals surface area contributed by atoms with Crippen LogP contribution in [0.4, 0.5) is 39.8 Å². The van der Waals surface area contributed by atoms with Gasteiger partial charge >= 0.3 is 59.1 Å². The second-order valence-corrected chi connectivity index (χ2v) is 14.2.